The van der Waals surface area contributed by atoms with Crippen LogP contribution in [0.4, 0.5) is 0 Å². The minimum absolute atomic E-state index is 0.516. The van der Waals surface area contributed by atoms with Crippen molar-refractivity contribution in [3.63, 3.8) is 0 Å². The highest BCUT2D eigenvalue weighted by Gasteiger charge is 2.12. The molecule has 5 nitrogen and oxygen atoms in total. The maximum absolute atomic E-state index is 5.20. The lowest BCUT2D eigenvalue weighted by molar-refractivity contribution is -0.108. The molecule has 0 amide bonds. The van der Waals surface area contributed by atoms with Crippen LogP contribution in [0.3, 0.4) is 0 Å². The van der Waals surface area contributed by atoms with Gasteiger partial charge in [-0.15, -0.1) is 0 Å². The minimum atomic E-state index is -0.516. The molecule has 0 aliphatic rings. The predicted octanol–water partition coefficient (Wildman–Crippen LogP) is 2.44. The quantitative estimate of drug-likeness (QED) is 0.773. The first-order valence-electron chi connectivity index (χ1n) is 5.80. The molecule has 100 valence electrons. The van der Waals surface area contributed by atoms with Crippen LogP contribution in [-0.2, 0) is 9.47 Å². The van der Waals surface area contributed by atoms with Gasteiger partial charge in [0.1, 0.15) is 11.4 Å². The number of hydrogen-bond acceptors (Lipinski definition) is 5. The first kappa shape index (κ1) is 13.5. The molecule has 2 aromatic rings. The summed E-state index contributed by atoms with van der Waals surface area (Å²) < 4.78 is 15.5. The van der Waals surface area contributed by atoms with Crippen LogP contribution in [0, 0.1) is 0 Å². The number of ether oxygens (including phenoxy) is 3. The van der Waals surface area contributed by atoms with Crippen molar-refractivity contribution in [2.24, 2.45) is 0 Å². The van der Waals surface area contributed by atoms with Crippen molar-refractivity contribution in [1.29, 1.82) is 0 Å². The number of hydrogen-bond donors (Lipinski definition) is 0. The largest absolute Gasteiger partial charge is 0.497 e. The zero-order valence-electron chi connectivity index (χ0n) is 11.2. The van der Waals surface area contributed by atoms with Crippen molar-refractivity contribution in [2.75, 3.05) is 21.3 Å². The Morgan fingerprint density at radius 2 is 1.84 bits per heavy atom. The van der Waals surface area contributed by atoms with Gasteiger partial charge in [0.05, 0.1) is 25.2 Å². The fraction of sp³-hybridized carbons (Fsp3) is 0.286. The van der Waals surface area contributed by atoms with Crippen LogP contribution < -0.4 is 4.74 Å². The second kappa shape index (κ2) is 6.26. The van der Waals surface area contributed by atoms with Crippen LogP contribution in [-0.4, -0.2) is 31.3 Å². The van der Waals surface area contributed by atoms with Gasteiger partial charge in [0, 0.05) is 19.8 Å². The Kier molecular flexibility index (Phi) is 4.43. The molecule has 0 atom stereocenters. The molecule has 0 aliphatic carbocycles. The van der Waals surface area contributed by atoms with Crippen LogP contribution in [0.2, 0.25) is 0 Å². The van der Waals surface area contributed by atoms with Crippen LogP contribution in [0.1, 0.15) is 12.0 Å². The topological polar surface area (TPSA) is 53.5 Å². The first-order valence-corrected chi connectivity index (χ1v) is 5.80. The van der Waals surface area contributed by atoms with Gasteiger partial charge in [-0.3, -0.25) is 4.98 Å². The summed E-state index contributed by atoms with van der Waals surface area (Å²) in [4.78, 5) is 8.66. The van der Waals surface area contributed by atoms with E-state index < -0.39 is 6.29 Å². The Labute approximate surface area is 112 Å². The fourth-order valence-electron chi connectivity index (χ4n) is 1.75. The van der Waals surface area contributed by atoms with Gasteiger partial charge in [0.15, 0.2) is 0 Å². The molecule has 0 saturated carbocycles. The van der Waals surface area contributed by atoms with Crippen molar-refractivity contribution in [3.8, 4) is 17.0 Å². The molecule has 19 heavy (non-hydrogen) atoms. The molecule has 1 heterocycles. The Hall–Kier alpha value is -1.98. The van der Waals surface area contributed by atoms with Crippen molar-refractivity contribution in [2.45, 2.75) is 6.29 Å². The average molecular weight is 260 g/mol. The van der Waals surface area contributed by atoms with Crippen LogP contribution in [0.5, 0.6) is 5.75 Å². The lowest BCUT2D eigenvalue weighted by atomic mass is 10.1. The molecule has 1 aromatic carbocycles. The number of rotatable bonds is 5. The lowest BCUT2D eigenvalue weighted by Gasteiger charge is -2.13. The van der Waals surface area contributed by atoms with Gasteiger partial charge in [-0.05, 0) is 12.1 Å². The molecule has 0 bridgehead atoms. The average Bonchev–Trinajstić information content (AvgIpc) is 2.49. The Morgan fingerprint density at radius 3 is 2.53 bits per heavy atom. The van der Waals surface area contributed by atoms with Crippen LogP contribution in [0.25, 0.3) is 11.3 Å². The molecule has 0 unspecified atom stereocenters. The second-order valence-corrected chi connectivity index (χ2v) is 3.86. The molecule has 0 fully saturated rings. The third-order valence-electron chi connectivity index (χ3n) is 2.69. The predicted molar refractivity (Wildman–Crippen MR) is 70.8 cm³/mol. The SMILES string of the molecule is COc1cccc(-c2cncc(C(OC)OC)n2)c1. The number of aromatic nitrogens is 2. The second-order valence-electron chi connectivity index (χ2n) is 3.86. The van der Waals surface area contributed by atoms with Gasteiger partial charge in [0.25, 0.3) is 0 Å². The van der Waals surface area contributed by atoms with E-state index in [0.29, 0.717) is 5.69 Å². The molecular weight excluding hydrogens is 244 g/mol. The standard InChI is InChI=1S/C14H16N2O3/c1-17-11-6-4-5-10(7-11)12-8-15-9-13(16-12)14(18-2)19-3/h4-9,14H,1-3H3. The normalized spacial score (nSPS) is 10.7. The van der Waals surface area contributed by atoms with E-state index in [1.54, 1.807) is 33.7 Å². The molecule has 1 aromatic heterocycles. The van der Waals surface area contributed by atoms with Gasteiger partial charge in [-0.25, -0.2) is 4.98 Å². The summed E-state index contributed by atoms with van der Waals surface area (Å²) in [6.45, 7) is 0. The Balaban J connectivity index is 2.37. The Bertz CT molecular complexity index is 542. The highest BCUT2D eigenvalue weighted by atomic mass is 16.7. The molecule has 0 aliphatic heterocycles. The summed E-state index contributed by atoms with van der Waals surface area (Å²) in [5.41, 5.74) is 2.31. The first-order chi connectivity index (χ1) is 9.28. The fourth-order valence-corrected chi connectivity index (χ4v) is 1.75. The van der Waals surface area contributed by atoms with E-state index in [9.17, 15) is 0 Å². The highest BCUT2D eigenvalue weighted by molar-refractivity contribution is 5.60. The van der Waals surface area contributed by atoms with Crippen molar-refractivity contribution >= 4 is 0 Å². The molecule has 0 saturated heterocycles. The lowest BCUT2D eigenvalue weighted by Crippen LogP contribution is -2.07. The monoisotopic (exact) mass is 260 g/mol. The summed E-state index contributed by atoms with van der Waals surface area (Å²) in [7, 11) is 4.76. The van der Waals surface area contributed by atoms with Gasteiger partial charge < -0.3 is 14.2 Å². The number of nitrogens with zero attached hydrogens (tertiary/aromatic N) is 2. The van der Waals surface area contributed by atoms with Crippen molar-refractivity contribution in [3.05, 3.63) is 42.4 Å². The van der Waals surface area contributed by atoms with E-state index in [-0.39, 0.29) is 0 Å². The van der Waals surface area contributed by atoms with Crippen LogP contribution in [0.15, 0.2) is 36.7 Å². The molecule has 0 N–H and O–H groups in total. The maximum Gasteiger partial charge on any atom is 0.202 e. The van der Waals surface area contributed by atoms with Crippen LogP contribution >= 0.6 is 0 Å². The molecular formula is C14H16N2O3. The van der Waals surface area contributed by atoms with E-state index in [1.165, 1.54) is 0 Å². The zero-order valence-corrected chi connectivity index (χ0v) is 11.2. The minimum Gasteiger partial charge on any atom is -0.497 e. The van der Waals surface area contributed by atoms with Gasteiger partial charge in [-0.2, -0.15) is 0 Å². The van der Waals surface area contributed by atoms with Gasteiger partial charge >= 0.3 is 0 Å². The third-order valence-corrected chi connectivity index (χ3v) is 2.69. The maximum atomic E-state index is 5.20. The molecule has 2 rings (SSSR count). The van der Waals surface area contributed by atoms with E-state index in [0.717, 1.165) is 17.0 Å². The molecule has 5 heteroatoms. The smallest absolute Gasteiger partial charge is 0.202 e. The summed E-state index contributed by atoms with van der Waals surface area (Å²) in [5.74, 6) is 0.778. The number of benzene rings is 1. The van der Waals surface area contributed by atoms with Crippen molar-refractivity contribution < 1.29 is 14.2 Å². The Morgan fingerprint density at radius 1 is 1.05 bits per heavy atom. The summed E-state index contributed by atoms with van der Waals surface area (Å²) >= 11 is 0. The summed E-state index contributed by atoms with van der Waals surface area (Å²) in [6, 6.07) is 7.65. The van der Waals surface area contributed by atoms with E-state index >= 15 is 0 Å². The highest BCUT2D eigenvalue weighted by Crippen LogP contribution is 2.23. The van der Waals surface area contributed by atoms with Gasteiger partial charge in [0.2, 0.25) is 6.29 Å². The number of methoxy groups -OCH3 is 3. The summed E-state index contributed by atoms with van der Waals surface area (Å²) in [6.07, 6.45) is 2.81. The van der Waals surface area contributed by atoms with E-state index in [1.807, 2.05) is 24.3 Å². The van der Waals surface area contributed by atoms with Gasteiger partial charge in [-0.1, -0.05) is 12.1 Å². The van der Waals surface area contributed by atoms with E-state index in [4.69, 9.17) is 14.2 Å². The molecule has 0 radical (unpaired) electrons. The zero-order chi connectivity index (χ0) is 13.7. The van der Waals surface area contributed by atoms with Crippen molar-refractivity contribution in [1.82, 2.24) is 9.97 Å². The van der Waals surface area contributed by atoms with E-state index in [2.05, 4.69) is 9.97 Å². The third kappa shape index (κ3) is 3.07. The molecule has 0 spiro atoms. The summed E-state index contributed by atoms with van der Waals surface area (Å²) in [5, 5.41) is 0.